The molecule has 0 saturated heterocycles. The van der Waals surface area contributed by atoms with Crippen molar-refractivity contribution in [2.24, 2.45) is 17.6 Å². The van der Waals surface area contributed by atoms with Crippen LogP contribution in [0.4, 0.5) is 0 Å². The smallest absolute Gasteiger partial charge is 0.0215 e. The van der Waals surface area contributed by atoms with Crippen LogP contribution in [0.2, 0.25) is 0 Å². The van der Waals surface area contributed by atoms with Gasteiger partial charge in [-0.1, -0.05) is 47.0 Å². The molecule has 0 bridgehead atoms. The molecule has 0 aliphatic rings. The Hall–Kier alpha value is -0.0800. The second-order valence-electron chi connectivity index (χ2n) is 4.32. The number of hydrogen-bond acceptors (Lipinski definition) is 2. The number of nitrogens with two attached hydrogens (primary N) is 1. The molecule has 0 aliphatic heterocycles. The molecular formula is C12H28N2. The van der Waals surface area contributed by atoms with Crippen molar-refractivity contribution in [3.63, 3.8) is 0 Å². The molecule has 0 heterocycles. The number of hydrogen-bond donors (Lipinski definition) is 2. The van der Waals surface area contributed by atoms with Crippen molar-refractivity contribution in [1.82, 2.24) is 5.32 Å². The van der Waals surface area contributed by atoms with Crippen molar-refractivity contribution in [3.8, 4) is 0 Å². The lowest BCUT2D eigenvalue weighted by Gasteiger charge is -2.25. The Morgan fingerprint density at radius 2 is 1.64 bits per heavy atom. The summed E-state index contributed by atoms with van der Waals surface area (Å²) >= 11 is 0. The second kappa shape index (κ2) is 8.25. The first kappa shape index (κ1) is 13.9. The van der Waals surface area contributed by atoms with Crippen molar-refractivity contribution in [3.05, 3.63) is 0 Å². The Balaban J connectivity index is 3.81. The lowest BCUT2D eigenvalue weighted by Crippen LogP contribution is -2.43. The zero-order chi connectivity index (χ0) is 11.0. The van der Waals surface area contributed by atoms with Gasteiger partial charge in [0.2, 0.25) is 0 Å². The summed E-state index contributed by atoms with van der Waals surface area (Å²) in [6.45, 7) is 10.9. The van der Waals surface area contributed by atoms with Gasteiger partial charge in [0.05, 0.1) is 0 Å². The van der Waals surface area contributed by atoms with Crippen LogP contribution in [-0.2, 0) is 0 Å². The molecule has 14 heavy (non-hydrogen) atoms. The number of nitrogens with one attached hydrogen (secondary N) is 1. The fraction of sp³-hybridized carbons (Fsp3) is 1.00. The normalized spacial score (nSPS) is 15.9. The summed E-state index contributed by atoms with van der Waals surface area (Å²) in [6.07, 6.45) is 3.74. The molecule has 2 atom stereocenters. The van der Waals surface area contributed by atoms with E-state index in [1.807, 2.05) is 0 Å². The van der Waals surface area contributed by atoms with Crippen LogP contribution in [0.1, 0.15) is 47.0 Å². The van der Waals surface area contributed by atoms with E-state index in [1.54, 1.807) is 0 Å². The molecule has 0 aliphatic carbocycles. The average Bonchev–Trinajstić information content (AvgIpc) is 2.24. The highest BCUT2D eigenvalue weighted by molar-refractivity contribution is 4.74. The van der Waals surface area contributed by atoms with Crippen molar-refractivity contribution in [1.29, 1.82) is 0 Å². The van der Waals surface area contributed by atoms with Crippen molar-refractivity contribution in [2.75, 3.05) is 13.1 Å². The Kier molecular flexibility index (Phi) is 8.20. The molecule has 0 aromatic carbocycles. The molecule has 0 amide bonds. The maximum absolute atomic E-state index is 5.76. The summed E-state index contributed by atoms with van der Waals surface area (Å²) in [4.78, 5) is 0. The van der Waals surface area contributed by atoms with Gasteiger partial charge in [-0.2, -0.15) is 0 Å². The molecule has 0 saturated carbocycles. The summed E-state index contributed by atoms with van der Waals surface area (Å²) < 4.78 is 0. The van der Waals surface area contributed by atoms with Gasteiger partial charge < -0.3 is 11.1 Å². The van der Waals surface area contributed by atoms with Gasteiger partial charge in [0.25, 0.3) is 0 Å². The maximum atomic E-state index is 5.76. The van der Waals surface area contributed by atoms with E-state index in [4.69, 9.17) is 5.73 Å². The van der Waals surface area contributed by atoms with Crippen LogP contribution < -0.4 is 11.1 Å². The van der Waals surface area contributed by atoms with E-state index in [9.17, 15) is 0 Å². The van der Waals surface area contributed by atoms with E-state index < -0.39 is 0 Å². The van der Waals surface area contributed by atoms with E-state index in [0.29, 0.717) is 12.0 Å². The Bertz CT molecular complexity index is 121. The fourth-order valence-corrected chi connectivity index (χ4v) is 1.70. The Morgan fingerprint density at radius 1 is 1.07 bits per heavy atom. The quantitative estimate of drug-likeness (QED) is 0.631. The topological polar surface area (TPSA) is 38.0 Å². The molecule has 0 radical (unpaired) electrons. The highest BCUT2D eigenvalue weighted by atomic mass is 14.9. The van der Waals surface area contributed by atoms with E-state index in [1.165, 1.54) is 19.3 Å². The highest BCUT2D eigenvalue weighted by Gasteiger charge is 2.14. The molecule has 3 N–H and O–H groups in total. The molecule has 2 unspecified atom stereocenters. The van der Waals surface area contributed by atoms with E-state index >= 15 is 0 Å². The molecule has 0 fully saturated rings. The monoisotopic (exact) mass is 200 g/mol. The van der Waals surface area contributed by atoms with Crippen LogP contribution in [0.15, 0.2) is 0 Å². The lowest BCUT2D eigenvalue weighted by atomic mass is 9.97. The van der Waals surface area contributed by atoms with Gasteiger partial charge in [-0.3, -0.25) is 0 Å². The minimum atomic E-state index is 0.501. The molecular weight excluding hydrogens is 172 g/mol. The number of rotatable bonds is 8. The molecule has 0 spiro atoms. The average molecular weight is 200 g/mol. The summed E-state index contributed by atoms with van der Waals surface area (Å²) in [5.74, 6) is 1.50. The first-order chi connectivity index (χ1) is 6.69. The minimum absolute atomic E-state index is 0.501. The van der Waals surface area contributed by atoms with Crippen LogP contribution in [-0.4, -0.2) is 19.1 Å². The van der Waals surface area contributed by atoms with Crippen molar-refractivity contribution < 1.29 is 0 Å². The first-order valence-electron chi connectivity index (χ1n) is 6.12. The standard InChI is InChI=1S/C12H28N2/c1-5-10(4)12(8-13)14-9-11(6-2)7-3/h10-12,14H,5-9,13H2,1-4H3. The van der Waals surface area contributed by atoms with Gasteiger partial charge >= 0.3 is 0 Å². The van der Waals surface area contributed by atoms with Gasteiger partial charge in [0.15, 0.2) is 0 Å². The van der Waals surface area contributed by atoms with E-state index in [-0.39, 0.29) is 0 Å². The van der Waals surface area contributed by atoms with E-state index in [2.05, 4.69) is 33.0 Å². The lowest BCUT2D eigenvalue weighted by molar-refractivity contribution is 0.336. The summed E-state index contributed by atoms with van der Waals surface area (Å²) in [5, 5.41) is 3.60. The molecule has 0 aromatic rings. The third kappa shape index (κ3) is 4.97. The van der Waals surface area contributed by atoms with Crippen LogP contribution in [0.25, 0.3) is 0 Å². The third-order valence-corrected chi connectivity index (χ3v) is 3.41. The van der Waals surface area contributed by atoms with Crippen LogP contribution >= 0.6 is 0 Å². The van der Waals surface area contributed by atoms with Crippen LogP contribution in [0.5, 0.6) is 0 Å². The predicted molar refractivity (Wildman–Crippen MR) is 64.4 cm³/mol. The fourth-order valence-electron chi connectivity index (χ4n) is 1.70. The molecule has 2 heteroatoms. The third-order valence-electron chi connectivity index (χ3n) is 3.41. The van der Waals surface area contributed by atoms with Crippen molar-refractivity contribution >= 4 is 0 Å². The summed E-state index contributed by atoms with van der Waals surface area (Å²) in [7, 11) is 0. The summed E-state index contributed by atoms with van der Waals surface area (Å²) in [6, 6.07) is 0.501. The Morgan fingerprint density at radius 3 is 2.00 bits per heavy atom. The van der Waals surface area contributed by atoms with Gasteiger partial charge in [-0.05, 0) is 18.4 Å². The van der Waals surface area contributed by atoms with Gasteiger partial charge in [-0.15, -0.1) is 0 Å². The van der Waals surface area contributed by atoms with Crippen LogP contribution in [0.3, 0.4) is 0 Å². The predicted octanol–water partition coefficient (Wildman–Crippen LogP) is 2.39. The molecule has 86 valence electrons. The molecule has 2 nitrogen and oxygen atoms in total. The van der Waals surface area contributed by atoms with Gasteiger partial charge in [0.1, 0.15) is 0 Å². The zero-order valence-corrected chi connectivity index (χ0v) is 10.3. The Labute approximate surface area is 89.6 Å². The van der Waals surface area contributed by atoms with E-state index in [0.717, 1.165) is 19.0 Å². The maximum Gasteiger partial charge on any atom is 0.0215 e. The SMILES string of the molecule is CCC(CC)CNC(CN)C(C)CC. The zero-order valence-electron chi connectivity index (χ0n) is 10.3. The largest absolute Gasteiger partial charge is 0.329 e. The highest BCUT2D eigenvalue weighted by Crippen LogP contribution is 2.09. The van der Waals surface area contributed by atoms with Gasteiger partial charge in [0, 0.05) is 12.6 Å². The van der Waals surface area contributed by atoms with Crippen molar-refractivity contribution in [2.45, 2.75) is 53.0 Å². The minimum Gasteiger partial charge on any atom is -0.329 e. The van der Waals surface area contributed by atoms with Gasteiger partial charge in [-0.25, -0.2) is 0 Å². The summed E-state index contributed by atoms with van der Waals surface area (Å²) in [5.41, 5.74) is 5.76. The molecule has 0 aromatic heterocycles. The molecule has 0 rings (SSSR count). The first-order valence-corrected chi connectivity index (χ1v) is 6.12. The van der Waals surface area contributed by atoms with Crippen LogP contribution in [0, 0.1) is 11.8 Å². The second-order valence-corrected chi connectivity index (χ2v) is 4.32.